The maximum atomic E-state index is 12.8. The molecule has 0 saturated carbocycles. The summed E-state index contributed by atoms with van der Waals surface area (Å²) in [4.78, 5) is 14.6. The van der Waals surface area contributed by atoms with Gasteiger partial charge in [-0.25, -0.2) is 0 Å². The molecular weight excluding hydrogens is 350 g/mol. The number of hydrogen-bond donors (Lipinski definition) is 0. The first-order chi connectivity index (χ1) is 13.6. The Morgan fingerprint density at radius 3 is 2.64 bits per heavy atom. The van der Waals surface area contributed by atoms with Crippen LogP contribution in [0.25, 0.3) is 10.8 Å². The highest BCUT2D eigenvalue weighted by molar-refractivity contribution is 5.88. The number of carbonyl (C=O) groups is 1. The Kier molecular flexibility index (Phi) is 6.53. The Bertz CT molecular complexity index is 951. The normalized spacial score (nSPS) is 10.7. The zero-order chi connectivity index (χ0) is 19.9. The predicted octanol–water partition coefficient (Wildman–Crippen LogP) is 4.84. The number of amides is 1. The van der Waals surface area contributed by atoms with Crippen molar-refractivity contribution >= 4 is 16.7 Å². The Balaban J connectivity index is 1.82. The van der Waals surface area contributed by atoms with E-state index in [4.69, 9.17) is 9.47 Å². The molecule has 0 spiro atoms. The molecule has 3 rings (SSSR count). The minimum atomic E-state index is 0.0580. The largest absolute Gasteiger partial charge is 0.497 e. The van der Waals surface area contributed by atoms with Gasteiger partial charge in [-0.3, -0.25) is 4.79 Å². The molecule has 0 heterocycles. The third-order valence-electron chi connectivity index (χ3n) is 4.77. The fourth-order valence-electron chi connectivity index (χ4n) is 3.24. The molecule has 4 nitrogen and oxygen atoms in total. The molecule has 0 aromatic heterocycles. The Labute approximate surface area is 166 Å². The van der Waals surface area contributed by atoms with Gasteiger partial charge in [-0.05, 0) is 41.0 Å². The van der Waals surface area contributed by atoms with Gasteiger partial charge in [0, 0.05) is 19.2 Å². The van der Waals surface area contributed by atoms with Crippen LogP contribution in [0.15, 0.2) is 60.7 Å². The summed E-state index contributed by atoms with van der Waals surface area (Å²) in [6.45, 7) is 3.25. The fraction of sp³-hybridized carbons (Fsp3) is 0.292. The van der Waals surface area contributed by atoms with Gasteiger partial charge >= 0.3 is 0 Å². The van der Waals surface area contributed by atoms with E-state index in [1.54, 1.807) is 12.0 Å². The van der Waals surface area contributed by atoms with Crippen LogP contribution in [-0.2, 0) is 17.8 Å². The summed E-state index contributed by atoms with van der Waals surface area (Å²) in [5.41, 5.74) is 1.99. The molecule has 146 valence electrons. The van der Waals surface area contributed by atoms with Crippen LogP contribution in [0.3, 0.4) is 0 Å². The van der Waals surface area contributed by atoms with Gasteiger partial charge in [-0.1, -0.05) is 49.4 Å². The van der Waals surface area contributed by atoms with Crippen LogP contribution in [0.2, 0.25) is 0 Å². The summed E-state index contributed by atoms with van der Waals surface area (Å²) in [6, 6.07) is 19.9. The molecule has 0 aliphatic rings. The average Bonchev–Trinajstić information content (AvgIpc) is 2.73. The van der Waals surface area contributed by atoms with Crippen molar-refractivity contribution in [2.24, 2.45) is 0 Å². The van der Waals surface area contributed by atoms with Gasteiger partial charge < -0.3 is 14.4 Å². The number of nitrogens with zero attached hydrogens (tertiary/aromatic N) is 1. The molecule has 0 unspecified atom stereocenters. The van der Waals surface area contributed by atoms with Crippen molar-refractivity contribution in [1.82, 2.24) is 4.90 Å². The van der Waals surface area contributed by atoms with Crippen LogP contribution in [0.1, 0.15) is 24.5 Å². The summed E-state index contributed by atoms with van der Waals surface area (Å²) in [5, 5.41) is 2.27. The first-order valence-corrected chi connectivity index (χ1v) is 9.62. The van der Waals surface area contributed by atoms with Crippen LogP contribution in [-0.4, -0.2) is 31.6 Å². The van der Waals surface area contributed by atoms with Crippen LogP contribution >= 0.6 is 0 Å². The number of ether oxygens (including phenoxy) is 2. The molecule has 3 aromatic rings. The maximum absolute atomic E-state index is 12.8. The minimum Gasteiger partial charge on any atom is -0.497 e. The zero-order valence-electron chi connectivity index (χ0n) is 16.8. The van der Waals surface area contributed by atoms with Crippen molar-refractivity contribution in [3.05, 3.63) is 71.8 Å². The summed E-state index contributed by atoms with van der Waals surface area (Å²) >= 11 is 0. The van der Waals surface area contributed by atoms with Crippen molar-refractivity contribution < 1.29 is 14.3 Å². The van der Waals surface area contributed by atoms with E-state index in [0.29, 0.717) is 19.6 Å². The molecule has 1 amide bonds. The molecule has 28 heavy (non-hydrogen) atoms. The molecule has 0 aliphatic carbocycles. The van der Waals surface area contributed by atoms with Crippen molar-refractivity contribution in [3.8, 4) is 11.5 Å². The first kappa shape index (κ1) is 19.7. The third kappa shape index (κ3) is 4.63. The average molecular weight is 377 g/mol. The molecule has 0 fully saturated rings. The van der Waals surface area contributed by atoms with Gasteiger partial charge in [-0.15, -0.1) is 0 Å². The molecule has 0 aliphatic heterocycles. The van der Waals surface area contributed by atoms with E-state index in [9.17, 15) is 4.79 Å². The second-order valence-electron chi connectivity index (χ2n) is 6.89. The van der Waals surface area contributed by atoms with Crippen molar-refractivity contribution in [1.29, 1.82) is 0 Å². The molecule has 0 radical (unpaired) electrons. The van der Waals surface area contributed by atoms with Crippen molar-refractivity contribution in [2.75, 3.05) is 20.8 Å². The van der Waals surface area contributed by atoms with Crippen molar-refractivity contribution in [3.63, 3.8) is 0 Å². The molecule has 0 saturated heterocycles. The summed E-state index contributed by atoms with van der Waals surface area (Å²) < 4.78 is 11.2. The van der Waals surface area contributed by atoms with Crippen LogP contribution in [0.4, 0.5) is 0 Å². The highest BCUT2D eigenvalue weighted by Crippen LogP contribution is 2.29. The zero-order valence-corrected chi connectivity index (χ0v) is 16.8. The number of fused-ring (bicyclic) bond motifs is 1. The molecule has 0 N–H and O–H groups in total. The Morgan fingerprint density at radius 2 is 1.86 bits per heavy atom. The number of hydrogen-bond acceptors (Lipinski definition) is 3. The van der Waals surface area contributed by atoms with Crippen LogP contribution in [0, 0.1) is 0 Å². The number of methoxy groups -OCH3 is 1. The van der Waals surface area contributed by atoms with E-state index in [2.05, 4.69) is 25.1 Å². The van der Waals surface area contributed by atoms with Gasteiger partial charge in [-0.2, -0.15) is 0 Å². The van der Waals surface area contributed by atoms with Gasteiger partial charge in [0.25, 0.3) is 0 Å². The summed E-state index contributed by atoms with van der Waals surface area (Å²) in [5.74, 6) is 1.67. The smallest absolute Gasteiger partial charge is 0.227 e. The highest BCUT2D eigenvalue weighted by Gasteiger charge is 2.16. The van der Waals surface area contributed by atoms with E-state index >= 15 is 0 Å². The molecule has 3 aromatic carbocycles. The lowest BCUT2D eigenvalue weighted by Gasteiger charge is -2.21. The Morgan fingerprint density at radius 1 is 1.04 bits per heavy atom. The molecule has 0 bridgehead atoms. The van der Waals surface area contributed by atoms with Crippen LogP contribution < -0.4 is 9.47 Å². The lowest BCUT2D eigenvalue weighted by molar-refractivity contribution is -0.129. The Hall–Kier alpha value is -3.01. The van der Waals surface area contributed by atoms with Gasteiger partial charge in [0.2, 0.25) is 5.91 Å². The molecule has 4 heteroatoms. The van der Waals surface area contributed by atoms with Gasteiger partial charge in [0.05, 0.1) is 20.1 Å². The second-order valence-corrected chi connectivity index (χ2v) is 6.89. The highest BCUT2D eigenvalue weighted by atomic mass is 16.5. The topological polar surface area (TPSA) is 38.8 Å². The van der Waals surface area contributed by atoms with Gasteiger partial charge in [0.15, 0.2) is 0 Å². The number of rotatable bonds is 8. The lowest BCUT2D eigenvalue weighted by Crippen LogP contribution is -2.28. The third-order valence-corrected chi connectivity index (χ3v) is 4.77. The van der Waals surface area contributed by atoms with Gasteiger partial charge in [0.1, 0.15) is 11.5 Å². The van der Waals surface area contributed by atoms with E-state index in [-0.39, 0.29) is 5.91 Å². The first-order valence-electron chi connectivity index (χ1n) is 9.62. The van der Waals surface area contributed by atoms with E-state index in [0.717, 1.165) is 39.8 Å². The fourth-order valence-corrected chi connectivity index (χ4v) is 3.24. The molecule has 0 atom stereocenters. The lowest BCUT2D eigenvalue weighted by atomic mass is 10.0. The SMILES string of the molecule is CCCOc1ccc2ccccc2c1CN(C)C(=O)Cc1cccc(OC)c1. The predicted molar refractivity (Wildman–Crippen MR) is 113 cm³/mol. The minimum absolute atomic E-state index is 0.0580. The van der Waals surface area contributed by atoms with E-state index in [1.807, 2.05) is 49.5 Å². The van der Waals surface area contributed by atoms with E-state index < -0.39 is 0 Å². The number of likely N-dealkylation sites (N-methyl/N-ethyl adjacent to an activating group) is 1. The number of carbonyl (C=O) groups excluding carboxylic acids is 1. The second kappa shape index (κ2) is 9.27. The van der Waals surface area contributed by atoms with Crippen molar-refractivity contribution in [2.45, 2.75) is 26.3 Å². The monoisotopic (exact) mass is 377 g/mol. The molecular formula is C24H27NO3. The van der Waals surface area contributed by atoms with Crippen LogP contribution in [0.5, 0.6) is 11.5 Å². The summed E-state index contributed by atoms with van der Waals surface area (Å²) in [7, 11) is 3.47. The summed E-state index contributed by atoms with van der Waals surface area (Å²) in [6.07, 6.45) is 1.28. The number of benzene rings is 3. The standard InChI is InChI=1S/C24H27NO3/c1-4-14-28-23-13-12-19-9-5-6-11-21(19)22(23)17-25(2)24(26)16-18-8-7-10-20(15-18)27-3/h5-13,15H,4,14,16-17H2,1-3H3. The quantitative estimate of drug-likeness (QED) is 0.564. The maximum Gasteiger partial charge on any atom is 0.227 e. The van der Waals surface area contributed by atoms with E-state index in [1.165, 1.54) is 0 Å².